The molecule has 1 aliphatic heterocycles. The summed E-state index contributed by atoms with van der Waals surface area (Å²) in [7, 11) is 1.59. The Bertz CT molecular complexity index is 1970. The molecule has 0 radical (unpaired) electrons. The third-order valence-corrected chi connectivity index (χ3v) is 11.4. The molecule has 3 fully saturated rings. The molecule has 2 saturated carbocycles. The number of carbonyl (C=O) groups is 4. The molecule has 5 atom stereocenters. The summed E-state index contributed by atoms with van der Waals surface area (Å²) in [5, 5.41) is 22.3. The molecule has 3 aromatic rings. The van der Waals surface area contributed by atoms with Gasteiger partial charge in [0.15, 0.2) is 5.13 Å². The molecule has 3 aliphatic rings. The standard InChI is InChI=1S/C40H52N6O8S/c1-9-23-18-40(23,36(49)50)45-34(47)29-16-25(19-46(29)35(48)33(39(5,6)7)44-38(51)54-24-12-10-11-13-24)53-31-17-27(28-20-55-37(43-28)41-21(2)3)42-32-22(4)30(52-8)15-14-26(31)32/h9,14-15,17,20-21,23-25,29,33H,1,10-13,16,18-19H2,2-8H3,(H,41,43)(H,44,51)(H,45,47)(H,49,50)/t23?,25-,29?,33-,40-/m1/s1. The highest BCUT2D eigenvalue weighted by atomic mass is 32.1. The van der Waals surface area contributed by atoms with Gasteiger partial charge in [-0.3, -0.25) is 9.59 Å². The average Bonchev–Trinajstić information content (AvgIpc) is 3.53. The van der Waals surface area contributed by atoms with E-state index in [4.69, 9.17) is 24.2 Å². The molecule has 6 rings (SSSR count). The number of likely N-dealkylation sites (tertiary alicyclic amines) is 1. The number of methoxy groups -OCH3 is 1. The number of benzene rings is 1. The SMILES string of the molecule is C=CC1C[C@]1(NC(=O)C1C[C@@H](Oc2cc(-c3csc(NC(C)C)n3)nc3c(C)c(OC)ccc23)CN1C(=O)[C@@H](NC(=O)OC1CCCC1)C(C)(C)C)C(=O)O. The number of aromatic nitrogens is 2. The Morgan fingerprint density at radius 2 is 1.82 bits per heavy atom. The minimum absolute atomic E-state index is 0.0126. The Labute approximate surface area is 325 Å². The molecule has 296 valence electrons. The lowest BCUT2D eigenvalue weighted by molar-refractivity contribution is -0.146. The van der Waals surface area contributed by atoms with Crippen molar-refractivity contribution < 1.29 is 38.5 Å². The molecule has 15 heteroatoms. The molecule has 14 nitrogen and oxygen atoms in total. The van der Waals surface area contributed by atoms with E-state index in [0.29, 0.717) is 33.8 Å². The van der Waals surface area contributed by atoms with Gasteiger partial charge in [-0.2, -0.15) is 0 Å². The van der Waals surface area contributed by atoms with Crippen molar-refractivity contribution in [1.82, 2.24) is 25.5 Å². The predicted molar refractivity (Wildman–Crippen MR) is 209 cm³/mol. The van der Waals surface area contributed by atoms with Gasteiger partial charge >= 0.3 is 12.1 Å². The first-order valence-electron chi connectivity index (χ1n) is 18.9. The van der Waals surface area contributed by atoms with Gasteiger partial charge in [0, 0.05) is 40.8 Å². The fourth-order valence-electron chi connectivity index (χ4n) is 7.53. The molecule has 4 N–H and O–H groups in total. The monoisotopic (exact) mass is 776 g/mol. The molecule has 3 heterocycles. The molecule has 55 heavy (non-hydrogen) atoms. The second kappa shape index (κ2) is 15.7. The number of nitrogens with zero attached hydrogens (tertiary/aromatic N) is 3. The van der Waals surface area contributed by atoms with Gasteiger partial charge in [0.25, 0.3) is 0 Å². The van der Waals surface area contributed by atoms with Gasteiger partial charge in [-0.15, -0.1) is 17.9 Å². The summed E-state index contributed by atoms with van der Waals surface area (Å²) in [6, 6.07) is 3.52. The van der Waals surface area contributed by atoms with E-state index >= 15 is 0 Å². The summed E-state index contributed by atoms with van der Waals surface area (Å²) in [6.45, 7) is 15.2. The van der Waals surface area contributed by atoms with E-state index in [9.17, 15) is 24.3 Å². The topological polar surface area (TPSA) is 181 Å². The van der Waals surface area contributed by atoms with Gasteiger partial charge in [0.1, 0.15) is 47.0 Å². The van der Waals surface area contributed by atoms with Crippen LogP contribution in [0.15, 0.2) is 36.2 Å². The van der Waals surface area contributed by atoms with Crippen molar-refractivity contribution in [2.45, 2.75) is 116 Å². The summed E-state index contributed by atoms with van der Waals surface area (Å²) in [5.41, 5.74) is 0.365. The maximum Gasteiger partial charge on any atom is 0.408 e. The Morgan fingerprint density at radius 3 is 2.44 bits per heavy atom. The van der Waals surface area contributed by atoms with Crippen LogP contribution >= 0.6 is 11.3 Å². The van der Waals surface area contributed by atoms with Crippen molar-refractivity contribution >= 4 is 51.2 Å². The Kier molecular flexibility index (Phi) is 11.3. The predicted octanol–water partition coefficient (Wildman–Crippen LogP) is 6.07. The number of ether oxygens (including phenoxy) is 3. The van der Waals surface area contributed by atoms with Gasteiger partial charge in [-0.05, 0) is 70.4 Å². The Hall–Kier alpha value is -4.92. The maximum absolute atomic E-state index is 14.6. The van der Waals surface area contributed by atoms with Crippen LogP contribution in [0.25, 0.3) is 22.3 Å². The number of carboxylic acids is 1. The van der Waals surface area contributed by atoms with E-state index in [0.717, 1.165) is 36.4 Å². The van der Waals surface area contributed by atoms with Crippen LogP contribution in [0.2, 0.25) is 0 Å². The van der Waals surface area contributed by atoms with Crippen LogP contribution in [0.1, 0.15) is 78.7 Å². The largest absolute Gasteiger partial charge is 0.496 e. The Morgan fingerprint density at radius 1 is 1.09 bits per heavy atom. The fraction of sp³-hybridized carbons (Fsp3) is 0.550. The van der Waals surface area contributed by atoms with E-state index in [1.54, 1.807) is 13.2 Å². The third kappa shape index (κ3) is 8.36. The maximum atomic E-state index is 14.6. The van der Waals surface area contributed by atoms with E-state index in [1.165, 1.54) is 22.3 Å². The minimum atomic E-state index is -1.51. The summed E-state index contributed by atoms with van der Waals surface area (Å²) < 4.78 is 18.0. The van der Waals surface area contributed by atoms with Crippen LogP contribution in [-0.2, 0) is 19.1 Å². The number of hydrogen-bond acceptors (Lipinski definition) is 11. The molecule has 2 unspecified atom stereocenters. The molecule has 1 saturated heterocycles. The van der Waals surface area contributed by atoms with E-state index in [2.05, 4.69) is 22.5 Å². The van der Waals surface area contributed by atoms with Crippen LogP contribution in [-0.4, -0.2) is 93.4 Å². The van der Waals surface area contributed by atoms with Gasteiger partial charge < -0.3 is 40.2 Å². The number of carbonyl (C=O) groups excluding carboxylic acids is 3. The second-order valence-electron chi connectivity index (χ2n) is 16.2. The van der Waals surface area contributed by atoms with Gasteiger partial charge in [0.05, 0.1) is 24.9 Å². The van der Waals surface area contributed by atoms with E-state index in [-0.39, 0.29) is 31.5 Å². The number of nitrogens with one attached hydrogen (secondary N) is 3. The molecular weight excluding hydrogens is 725 g/mol. The highest BCUT2D eigenvalue weighted by molar-refractivity contribution is 7.14. The smallest absolute Gasteiger partial charge is 0.408 e. The number of alkyl carbamates (subject to hydrolysis) is 1. The second-order valence-corrected chi connectivity index (χ2v) is 17.0. The molecule has 3 amide bonds. The summed E-state index contributed by atoms with van der Waals surface area (Å²) in [5.74, 6) is -1.64. The number of rotatable bonds is 13. The van der Waals surface area contributed by atoms with Crippen LogP contribution in [0.4, 0.5) is 9.93 Å². The Balaban J connectivity index is 1.34. The normalized spacial score (nSPS) is 23.0. The fourth-order valence-corrected chi connectivity index (χ4v) is 8.38. The van der Waals surface area contributed by atoms with E-state index < -0.39 is 58.9 Å². The van der Waals surface area contributed by atoms with Crippen molar-refractivity contribution in [2.24, 2.45) is 11.3 Å². The minimum Gasteiger partial charge on any atom is -0.496 e. The molecular formula is C40H52N6O8S. The number of fused-ring (bicyclic) bond motifs is 1. The first-order chi connectivity index (χ1) is 26.0. The lowest BCUT2D eigenvalue weighted by atomic mass is 9.85. The van der Waals surface area contributed by atoms with E-state index in [1.807, 2.05) is 59.1 Å². The van der Waals surface area contributed by atoms with Crippen molar-refractivity contribution in [2.75, 3.05) is 19.0 Å². The number of carboxylic acid groups (broad SMARTS) is 1. The zero-order valence-corrected chi connectivity index (χ0v) is 33.4. The van der Waals surface area contributed by atoms with Gasteiger partial charge in [-0.1, -0.05) is 26.8 Å². The summed E-state index contributed by atoms with van der Waals surface area (Å²) >= 11 is 1.46. The summed E-state index contributed by atoms with van der Waals surface area (Å²) in [6.07, 6.45) is 3.63. The summed E-state index contributed by atoms with van der Waals surface area (Å²) in [4.78, 5) is 65.4. The zero-order valence-electron chi connectivity index (χ0n) is 32.6. The number of anilines is 1. The molecule has 2 aliphatic carbocycles. The molecule has 0 bridgehead atoms. The van der Waals surface area contributed by atoms with Crippen LogP contribution in [0, 0.1) is 18.3 Å². The number of aryl methyl sites for hydroxylation is 1. The van der Waals surface area contributed by atoms with Crippen molar-refractivity contribution in [3.8, 4) is 22.9 Å². The molecule has 1 aromatic carbocycles. The van der Waals surface area contributed by atoms with Crippen molar-refractivity contribution in [1.29, 1.82) is 0 Å². The average molecular weight is 777 g/mol. The first-order valence-corrected chi connectivity index (χ1v) is 19.8. The van der Waals surface area contributed by atoms with Crippen LogP contribution in [0.5, 0.6) is 11.5 Å². The van der Waals surface area contributed by atoms with Crippen LogP contribution in [0.3, 0.4) is 0 Å². The number of pyridine rings is 1. The van der Waals surface area contributed by atoms with Gasteiger partial charge in [0.2, 0.25) is 11.8 Å². The van der Waals surface area contributed by atoms with Crippen molar-refractivity contribution in [3.05, 3.63) is 41.8 Å². The highest BCUT2D eigenvalue weighted by Crippen LogP contribution is 2.45. The molecule has 2 aromatic heterocycles. The van der Waals surface area contributed by atoms with Gasteiger partial charge in [-0.25, -0.2) is 19.6 Å². The van der Waals surface area contributed by atoms with Crippen LogP contribution < -0.4 is 25.4 Å². The number of hydrogen-bond donors (Lipinski definition) is 4. The number of aliphatic carboxylic acids is 1. The third-order valence-electron chi connectivity index (χ3n) is 10.7. The first kappa shape index (κ1) is 39.8. The lowest BCUT2D eigenvalue weighted by Gasteiger charge is -2.35. The highest BCUT2D eigenvalue weighted by Gasteiger charge is 2.61. The quantitative estimate of drug-likeness (QED) is 0.148. The molecule has 0 spiro atoms. The number of thiazole rings is 1. The van der Waals surface area contributed by atoms with Crippen molar-refractivity contribution in [3.63, 3.8) is 0 Å². The zero-order chi connectivity index (χ0) is 39.8. The lowest BCUT2D eigenvalue weighted by Crippen LogP contribution is -2.59. The number of amides is 3.